The zero-order valence-corrected chi connectivity index (χ0v) is 16.7. The summed E-state index contributed by atoms with van der Waals surface area (Å²) in [5.74, 6) is 0. The van der Waals surface area contributed by atoms with Crippen LogP contribution in [0.3, 0.4) is 0 Å². The van der Waals surface area contributed by atoms with Crippen LogP contribution in [-0.4, -0.2) is 43.8 Å². The Balaban J connectivity index is 0.00000208. The Labute approximate surface area is 162 Å². The summed E-state index contributed by atoms with van der Waals surface area (Å²) in [6.07, 6.45) is 0. The molecule has 0 bridgehead atoms. The summed E-state index contributed by atoms with van der Waals surface area (Å²) < 4.78 is 27.4. The standard InChI is InChI=1S/C15H16Cl2N2O2S2.ClH/c16-13-3-1-12(2-4-13)11-18-7-9-19(10-8-18)23(20,21)15-6-5-14(17)22-15;/h1-6H,7-11H2;1H. The van der Waals surface area contributed by atoms with Crippen LogP contribution in [0.1, 0.15) is 5.56 Å². The third-order valence-corrected chi connectivity index (χ3v) is 7.64. The molecule has 0 N–H and O–H groups in total. The third kappa shape index (κ3) is 4.64. The van der Waals surface area contributed by atoms with E-state index in [9.17, 15) is 8.42 Å². The molecule has 1 aromatic carbocycles. The van der Waals surface area contributed by atoms with Crippen LogP contribution < -0.4 is 0 Å². The lowest BCUT2D eigenvalue weighted by molar-refractivity contribution is 0.182. The molecule has 1 aliphatic heterocycles. The molecule has 0 radical (unpaired) electrons. The van der Waals surface area contributed by atoms with E-state index >= 15 is 0 Å². The summed E-state index contributed by atoms with van der Waals surface area (Å²) in [4.78, 5) is 2.25. The first-order valence-corrected chi connectivity index (χ1v) is 10.2. The number of halogens is 3. The average molecular weight is 428 g/mol. The van der Waals surface area contributed by atoms with Crippen LogP contribution >= 0.6 is 46.9 Å². The Morgan fingerprint density at radius 3 is 2.12 bits per heavy atom. The van der Waals surface area contributed by atoms with E-state index in [0.29, 0.717) is 34.7 Å². The van der Waals surface area contributed by atoms with Crippen molar-refractivity contribution in [1.29, 1.82) is 0 Å². The van der Waals surface area contributed by atoms with Gasteiger partial charge in [0.05, 0.1) is 4.34 Å². The minimum atomic E-state index is -3.42. The van der Waals surface area contributed by atoms with Gasteiger partial charge in [0.15, 0.2) is 0 Å². The predicted molar refractivity (Wildman–Crippen MR) is 102 cm³/mol. The van der Waals surface area contributed by atoms with Crippen LogP contribution in [-0.2, 0) is 16.6 Å². The molecule has 0 atom stereocenters. The van der Waals surface area contributed by atoms with Crippen LogP contribution in [0.5, 0.6) is 0 Å². The van der Waals surface area contributed by atoms with Crippen LogP contribution in [0, 0.1) is 0 Å². The van der Waals surface area contributed by atoms with Gasteiger partial charge in [-0.05, 0) is 29.8 Å². The number of hydrogen-bond acceptors (Lipinski definition) is 4. The molecule has 0 unspecified atom stereocenters. The lowest BCUT2D eigenvalue weighted by Crippen LogP contribution is -2.48. The number of thiophene rings is 1. The molecule has 24 heavy (non-hydrogen) atoms. The molecule has 1 aliphatic rings. The molecule has 0 aliphatic carbocycles. The van der Waals surface area contributed by atoms with Crippen molar-refractivity contribution in [2.24, 2.45) is 0 Å². The Morgan fingerprint density at radius 1 is 0.958 bits per heavy atom. The van der Waals surface area contributed by atoms with E-state index in [1.807, 2.05) is 24.3 Å². The van der Waals surface area contributed by atoms with Gasteiger partial charge in [0.2, 0.25) is 0 Å². The van der Waals surface area contributed by atoms with E-state index in [4.69, 9.17) is 23.2 Å². The molecule has 132 valence electrons. The molecule has 1 aromatic heterocycles. The van der Waals surface area contributed by atoms with Gasteiger partial charge in [-0.15, -0.1) is 23.7 Å². The highest BCUT2D eigenvalue weighted by Gasteiger charge is 2.29. The first kappa shape index (κ1) is 20.0. The summed E-state index contributed by atoms with van der Waals surface area (Å²) in [6.45, 7) is 3.20. The summed E-state index contributed by atoms with van der Waals surface area (Å²) >= 11 is 12.8. The topological polar surface area (TPSA) is 40.6 Å². The van der Waals surface area contributed by atoms with Gasteiger partial charge in [-0.25, -0.2) is 8.42 Å². The fourth-order valence-corrected chi connectivity index (χ4v) is 5.72. The zero-order chi connectivity index (χ0) is 16.4. The monoisotopic (exact) mass is 426 g/mol. The number of rotatable bonds is 4. The molecule has 0 spiro atoms. The van der Waals surface area contributed by atoms with Crippen molar-refractivity contribution >= 4 is 57.0 Å². The highest BCUT2D eigenvalue weighted by atomic mass is 35.5. The Hall–Kier alpha value is -0.340. The molecular formula is C15H17Cl3N2O2S2. The predicted octanol–water partition coefficient (Wildman–Crippen LogP) is 3.98. The second-order valence-electron chi connectivity index (χ2n) is 5.37. The lowest BCUT2D eigenvalue weighted by atomic mass is 10.2. The Kier molecular flexibility index (Phi) is 6.96. The first-order chi connectivity index (χ1) is 10.9. The maximum Gasteiger partial charge on any atom is 0.252 e. The van der Waals surface area contributed by atoms with E-state index in [2.05, 4.69) is 4.90 Å². The van der Waals surface area contributed by atoms with Gasteiger partial charge in [-0.1, -0.05) is 35.3 Å². The highest BCUT2D eigenvalue weighted by Crippen LogP contribution is 2.28. The molecular weight excluding hydrogens is 411 g/mol. The molecule has 3 rings (SSSR count). The number of nitrogens with zero attached hydrogens (tertiary/aromatic N) is 2. The zero-order valence-electron chi connectivity index (χ0n) is 12.7. The summed E-state index contributed by atoms with van der Waals surface area (Å²) in [5, 5.41) is 0.722. The van der Waals surface area contributed by atoms with Gasteiger partial charge in [-0.3, -0.25) is 4.90 Å². The first-order valence-electron chi connectivity index (χ1n) is 7.17. The number of sulfonamides is 1. The van der Waals surface area contributed by atoms with Gasteiger partial charge in [-0.2, -0.15) is 4.31 Å². The highest BCUT2D eigenvalue weighted by molar-refractivity contribution is 7.91. The number of benzene rings is 1. The van der Waals surface area contributed by atoms with Crippen molar-refractivity contribution in [3.63, 3.8) is 0 Å². The number of piperazine rings is 1. The van der Waals surface area contributed by atoms with Gasteiger partial charge >= 0.3 is 0 Å². The summed E-state index contributed by atoms with van der Waals surface area (Å²) in [7, 11) is -3.42. The van der Waals surface area contributed by atoms with Gasteiger partial charge in [0.1, 0.15) is 4.21 Å². The van der Waals surface area contributed by atoms with E-state index in [-0.39, 0.29) is 12.4 Å². The van der Waals surface area contributed by atoms with Crippen molar-refractivity contribution in [3.05, 3.63) is 51.3 Å². The second kappa shape index (κ2) is 8.36. The molecule has 1 fully saturated rings. The largest absolute Gasteiger partial charge is 0.296 e. The van der Waals surface area contributed by atoms with Gasteiger partial charge in [0.25, 0.3) is 10.0 Å². The van der Waals surface area contributed by atoms with Crippen LogP contribution in [0.25, 0.3) is 0 Å². The second-order valence-corrected chi connectivity index (χ2v) is 9.68. The van der Waals surface area contributed by atoms with Crippen molar-refractivity contribution in [3.8, 4) is 0 Å². The summed E-state index contributed by atoms with van der Waals surface area (Å²) in [5.41, 5.74) is 1.18. The fourth-order valence-electron chi connectivity index (χ4n) is 2.54. The van der Waals surface area contributed by atoms with Crippen LogP contribution in [0.4, 0.5) is 0 Å². The molecule has 1 saturated heterocycles. The fraction of sp³-hybridized carbons (Fsp3) is 0.333. The van der Waals surface area contributed by atoms with Gasteiger partial charge < -0.3 is 0 Å². The SMILES string of the molecule is Cl.O=S(=O)(c1ccc(Cl)s1)N1CCN(Cc2ccc(Cl)cc2)CC1. The molecule has 9 heteroatoms. The normalized spacial score (nSPS) is 16.8. The van der Waals surface area contributed by atoms with Gasteiger partial charge in [0, 0.05) is 37.7 Å². The average Bonchev–Trinajstić information content (AvgIpc) is 2.98. The van der Waals surface area contributed by atoms with E-state index in [1.54, 1.807) is 12.1 Å². The smallest absolute Gasteiger partial charge is 0.252 e. The number of hydrogen-bond donors (Lipinski definition) is 0. The van der Waals surface area contributed by atoms with Crippen molar-refractivity contribution in [1.82, 2.24) is 9.21 Å². The minimum Gasteiger partial charge on any atom is -0.296 e. The van der Waals surface area contributed by atoms with Crippen molar-refractivity contribution < 1.29 is 8.42 Å². The van der Waals surface area contributed by atoms with E-state index < -0.39 is 10.0 Å². The minimum absolute atomic E-state index is 0. The molecule has 0 saturated carbocycles. The Morgan fingerprint density at radius 2 is 1.58 bits per heavy atom. The third-order valence-electron chi connectivity index (χ3n) is 3.79. The van der Waals surface area contributed by atoms with Crippen LogP contribution in [0.2, 0.25) is 9.36 Å². The molecule has 4 nitrogen and oxygen atoms in total. The maximum absolute atomic E-state index is 12.5. The van der Waals surface area contributed by atoms with Crippen molar-refractivity contribution in [2.75, 3.05) is 26.2 Å². The molecule has 2 heterocycles. The maximum atomic E-state index is 12.5. The van der Waals surface area contributed by atoms with Crippen molar-refractivity contribution in [2.45, 2.75) is 10.8 Å². The quantitative estimate of drug-likeness (QED) is 0.741. The molecule has 0 amide bonds. The lowest BCUT2D eigenvalue weighted by Gasteiger charge is -2.33. The van der Waals surface area contributed by atoms with E-state index in [1.165, 1.54) is 9.87 Å². The molecule has 2 aromatic rings. The summed E-state index contributed by atoms with van der Waals surface area (Å²) in [6, 6.07) is 10.9. The Bertz CT molecular complexity index is 770. The van der Waals surface area contributed by atoms with E-state index in [0.717, 1.165) is 22.9 Å². The van der Waals surface area contributed by atoms with Crippen LogP contribution in [0.15, 0.2) is 40.6 Å².